The van der Waals surface area contributed by atoms with Gasteiger partial charge in [0.1, 0.15) is 0 Å². The summed E-state index contributed by atoms with van der Waals surface area (Å²) in [5.41, 5.74) is 3.67. The maximum Gasteiger partial charge on any atom is 0.339 e. The van der Waals surface area contributed by atoms with E-state index in [0.717, 1.165) is 5.56 Å². The van der Waals surface area contributed by atoms with Crippen molar-refractivity contribution in [1.82, 2.24) is 4.98 Å². The van der Waals surface area contributed by atoms with E-state index in [1.54, 1.807) is 60.7 Å². The summed E-state index contributed by atoms with van der Waals surface area (Å²) in [5, 5.41) is 0.846. The maximum absolute atomic E-state index is 13.3. The van der Waals surface area contributed by atoms with Crippen LogP contribution >= 0.6 is 43.5 Å². The number of fused-ring (bicyclic) bond motifs is 2. The lowest BCUT2D eigenvalue weighted by Crippen LogP contribution is -2.34. The third-order valence-corrected chi connectivity index (χ3v) is 11.1. The van der Waals surface area contributed by atoms with Crippen LogP contribution in [0.3, 0.4) is 0 Å². The zero-order valence-electron chi connectivity index (χ0n) is 22.9. The van der Waals surface area contributed by atoms with Gasteiger partial charge in [-0.3, -0.25) is 19.3 Å². The molecule has 2 fully saturated rings. The molecule has 4 aromatic rings. The van der Waals surface area contributed by atoms with Crippen molar-refractivity contribution in [2.45, 2.75) is 29.4 Å². The van der Waals surface area contributed by atoms with Crippen LogP contribution in [0.25, 0.3) is 22.2 Å². The number of ether oxygens (including phenoxy) is 1. The van der Waals surface area contributed by atoms with Crippen LogP contribution < -0.4 is 4.90 Å². The minimum Gasteiger partial charge on any atom is -0.454 e. The number of aryl methyl sites for hydroxylation is 1. The number of hydrogen-bond acceptors (Lipinski definition) is 6. The van der Waals surface area contributed by atoms with Gasteiger partial charge in [0, 0.05) is 26.2 Å². The number of hydrogen-bond donors (Lipinski definition) is 0. The van der Waals surface area contributed by atoms with Crippen molar-refractivity contribution in [2.24, 2.45) is 11.8 Å². The number of anilines is 1. The Morgan fingerprint density at radius 1 is 0.930 bits per heavy atom. The fourth-order valence-corrected chi connectivity index (χ4v) is 7.15. The molecule has 2 amide bonds. The first-order valence-electron chi connectivity index (χ1n) is 13.7. The van der Waals surface area contributed by atoms with Gasteiger partial charge in [0.15, 0.2) is 12.4 Å². The number of imide groups is 1. The number of esters is 1. The lowest BCUT2D eigenvalue weighted by atomic mass is 9.81. The fourth-order valence-electron chi connectivity index (χ4n) is 5.69. The number of carbonyl (C=O) groups is 4. The predicted molar refractivity (Wildman–Crippen MR) is 172 cm³/mol. The fraction of sp³-hybridized carbons (Fsp3) is 0.242. The molecule has 6 rings (SSSR count). The molecular weight excluding hydrogens is 700 g/mol. The minimum absolute atomic E-state index is 0.125. The number of benzene rings is 3. The van der Waals surface area contributed by atoms with E-state index in [4.69, 9.17) is 21.3 Å². The summed E-state index contributed by atoms with van der Waals surface area (Å²) in [6.45, 7) is 1.51. The third kappa shape index (κ3) is 5.66. The van der Waals surface area contributed by atoms with Crippen LogP contribution in [-0.2, 0) is 14.3 Å². The summed E-state index contributed by atoms with van der Waals surface area (Å²) in [4.78, 5) is 58.6. The van der Waals surface area contributed by atoms with Crippen molar-refractivity contribution in [3.05, 3.63) is 94.5 Å². The lowest BCUT2D eigenvalue weighted by molar-refractivity contribution is -0.122. The molecule has 0 radical (unpaired) electrons. The molecule has 3 aromatic carbocycles. The van der Waals surface area contributed by atoms with Gasteiger partial charge in [-0.1, -0.05) is 97.6 Å². The van der Waals surface area contributed by atoms with Gasteiger partial charge >= 0.3 is 5.97 Å². The number of carbonyl (C=O) groups excluding carboxylic acids is 4. The van der Waals surface area contributed by atoms with E-state index in [2.05, 4.69) is 31.9 Å². The number of ketones is 1. The maximum atomic E-state index is 13.3. The Kier molecular flexibility index (Phi) is 8.24. The second kappa shape index (κ2) is 11.9. The molecule has 43 heavy (non-hydrogen) atoms. The highest BCUT2D eigenvalue weighted by Gasteiger charge is 2.52. The lowest BCUT2D eigenvalue weighted by Gasteiger charge is -2.29. The average molecular weight is 725 g/mol. The van der Waals surface area contributed by atoms with Crippen LogP contribution in [-0.4, -0.2) is 44.8 Å². The Morgan fingerprint density at radius 3 is 2.19 bits per heavy atom. The largest absolute Gasteiger partial charge is 0.454 e. The molecule has 1 saturated heterocycles. The number of aromatic nitrogens is 1. The molecule has 1 aliphatic heterocycles. The molecule has 10 heteroatoms. The molecule has 1 saturated carbocycles. The molecule has 0 bridgehead atoms. The monoisotopic (exact) mass is 722 g/mol. The second-order valence-corrected chi connectivity index (χ2v) is 13.6. The van der Waals surface area contributed by atoms with Gasteiger partial charge in [0.25, 0.3) is 0 Å². The molecule has 1 aromatic heterocycles. The zero-order chi connectivity index (χ0) is 30.4. The smallest absolute Gasteiger partial charge is 0.339 e. The van der Waals surface area contributed by atoms with Crippen molar-refractivity contribution in [2.75, 3.05) is 11.5 Å². The number of para-hydroxylation sites is 1. The molecule has 4 unspecified atom stereocenters. The summed E-state index contributed by atoms with van der Waals surface area (Å²) in [5.74, 6) is -2.06. The van der Waals surface area contributed by atoms with Crippen molar-refractivity contribution in [3.8, 4) is 11.3 Å². The number of amides is 2. The SMILES string of the molecule is Cc1ccc(C(=O)COC(=O)c2cc(-c3ccc(N4C(=O)C5CC(Br)C(Br)CC5C4=O)cc3)nc3c(Cl)cccc23)cc1. The quantitative estimate of drug-likeness (QED) is 0.0896. The number of nitrogens with zero attached hydrogens (tertiary/aromatic N) is 2. The zero-order valence-corrected chi connectivity index (χ0v) is 26.9. The summed E-state index contributed by atoms with van der Waals surface area (Å²) in [7, 11) is 0. The van der Waals surface area contributed by atoms with Crippen molar-refractivity contribution >= 4 is 83.6 Å². The summed E-state index contributed by atoms with van der Waals surface area (Å²) in [6, 6.07) is 20.7. The highest BCUT2D eigenvalue weighted by molar-refractivity contribution is 9.12. The first-order valence-corrected chi connectivity index (χ1v) is 16.0. The van der Waals surface area contributed by atoms with E-state index in [0.29, 0.717) is 51.3 Å². The molecule has 218 valence electrons. The van der Waals surface area contributed by atoms with Crippen LogP contribution in [0.5, 0.6) is 0 Å². The van der Waals surface area contributed by atoms with Gasteiger partial charge in [-0.2, -0.15) is 0 Å². The van der Waals surface area contributed by atoms with E-state index < -0.39 is 12.6 Å². The van der Waals surface area contributed by atoms with Gasteiger partial charge in [-0.25, -0.2) is 9.78 Å². The summed E-state index contributed by atoms with van der Waals surface area (Å²) in [6.07, 6.45) is 1.19. The molecule has 2 heterocycles. The number of halogens is 3. The molecule has 4 atom stereocenters. The average Bonchev–Trinajstić information content (AvgIpc) is 3.24. The van der Waals surface area contributed by atoms with Crippen LogP contribution in [0.2, 0.25) is 5.02 Å². The second-order valence-electron chi connectivity index (χ2n) is 10.8. The topological polar surface area (TPSA) is 93.6 Å². The molecule has 7 nitrogen and oxygen atoms in total. The minimum atomic E-state index is -0.681. The highest BCUT2D eigenvalue weighted by atomic mass is 79.9. The molecular formula is C33H25Br2ClN2O5. The van der Waals surface area contributed by atoms with Gasteiger partial charge in [-0.05, 0) is 44.0 Å². The van der Waals surface area contributed by atoms with E-state index in [1.807, 2.05) is 19.1 Å². The normalized spacial score (nSPS) is 21.6. The van der Waals surface area contributed by atoms with E-state index >= 15 is 0 Å². The van der Waals surface area contributed by atoms with Gasteiger partial charge in [-0.15, -0.1) is 0 Å². The summed E-state index contributed by atoms with van der Waals surface area (Å²) >= 11 is 13.7. The van der Waals surface area contributed by atoms with Crippen LogP contribution in [0.4, 0.5) is 5.69 Å². The van der Waals surface area contributed by atoms with E-state index in [-0.39, 0.29) is 44.7 Å². The van der Waals surface area contributed by atoms with Crippen molar-refractivity contribution < 1.29 is 23.9 Å². The number of Topliss-reactive ketones (excluding diaryl/α,β-unsaturated/α-hetero) is 1. The highest BCUT2D eigenvalue weighted by Crippen LogP contribution is 2.44. The number of pyridine rings is 1. The van der Waals surface area contributed by atoms with E-state index in [1.165, 1.54) is 4.90 Å². The third-order valence-electron chi connectivity index (χ3n) is 8.05. The van der Waals surface area contributed by atoms with Gasteiger partial charge < -0.3 is 4.74 Å². The Balaban J connectivity index is 1.28. The predicted octanol–water partition coefficient (Wildman–Crippen LogP) is 7.33. The Hall–Kier alpha value is -3.40. The van der Waals surface area contributed by atoms with Crippen LogP contribution in [0, 0.1) is 18.8 Å². The first-order chi connectivity index (χ1) is 20.6. The van der Waals surface area contributed by atoms with Crippen molar-refractivity contribution in [3.63, 3.8) is 0 Å². The van der Waals surface area contributed by atoms with Crippen LogP contribution in [0.15, 0.2) is 72.8 Å². The van der Waals surface area contributed by atoms with Crippen LogP contribution in [0.1, 0.15) is 39.1 Å². The molecule has 0 spiro atoms. The van der Waals surface area contributed by atoms with E-state index in [9.17, 15) is 19.2 Å². The van der Waals surface area contributed by atoms with Crippen molar-refractivity contribution in [1.29, 1.82) is 0 Å². The molecule has 0 N–H and O–H groups in total. The number of alkyl halides is 2. The Labute approximate surface area is 269 Å². The summed E-state index contributed by atoms with van der Waals surface area (Å²) < 4.78 is 5.44. The number of rotatable bonds is 6. The Bertz CT molecular complexity index is 1750. The molecule has 2 aliphatic rings. The molecule has 1 aliphatic carbocycles. The standard InChI is InChI=1S/C33H25Br2ClN2O5/c1-17-5-7-19(8-6-17)29(39)16-43-33(42)24-15-28(37-30-21(24)3-2-4-27(30)36)18-9-11-20(12-10-18)38-31(40)22-13-25(34)26(35)14-23(22)32(38)41/h2-12,15,22-23,25-26H,13-14,16H2,1H3. The first kappa shape index (κ1) is 29.7. The van der Waals surface area contributed by atoms with Gasteiger partial charge in [0.2, 0.25) is 11.8 Å². The van der Waals surface area contributed by atoms with Gasteiger partial charge in [0.05, 0.1) is 39.3 Å². The Morgan fingerprint density at radius 2 is 1.56 bits per heavy atom.